The van der Waals surface area contributed by atoms with Gasteiger partial charge in [-0.25, -0.2) is 0 Å². The van der Waals surface area contributed by atoms with Crippen LogP contribution in [0, 0.1) is 0 Å². The largest absolute Gasteiger partial charge is 0.319 e. The van der Waals surface area contributed by atoms with E-state index in [0.717, 1.165) is 6.54 Å². The molecule has 1 aliphatic rings. The van der Waals surface area contributed by atoms with Gasteiger partial charge in [-0.1, -0.05) is 34.1 Å². The van der Waals surface area contributed by atoms with Gasteiger partial charge in [-0.2, -0.15) is 0 Å². The molecule has 1 aliphatic carbocycles. The molecule has 2 aromatic rings. The monoisotopic (exact) mass is 321 g/mol. The average Bonchev–Trinajstić information content (AvgIpc) is 2.99. The van der Waals surface area contributed by atoms with Crippen molar-refractivity contribution < 1.29 is 0 Å². The Hall–Kier alpha value is -0.640. The number of halogens is 1. The maximum absolute atomic E-state index is 3.63. The van der Waals surface area contributed by atoms with Crippen LogP contribution in [-0.2, 0) is 5.41 Å². The lowest BCUT2D eigenvalue weighted by Crippen LogP contribution is -2.22. The summed E-state index contributed by atoms with van der Waals surface area (Å²) in [5, 5.41) is 5.66. The van der Waals surface area contributed by atoms with E-state index < -0.39 is 0 Å². The summed E-state index contributed by atoms with van der Waals surface area (Å²) in [6.45, 7) is 1.10. The van der Waals surface area contributed by atoms with Gasteiger partial charge in [0.25, 0.3) is 0 Å². The average molecular weight is 322 g/mol. The number of rotatable bonds is 4. The maximum atomic E-state index is 3.63. The van der Waals surface area contributed by atoms with E-state index in [4.69, 9.17) is 0 Å². The van der Waals surface area contributed by atoms with Crippen LogP contribution in [0.15, 0.2) is 40.2 Å². The number of hydrogen-bond donors (Lipinski definition) is 1. The second kappa shape index (κ2) is 4.80. The summed E-state index contributed by atoms with van der Waals surface area (Å²) in [6, 6.07) is 10.8. The number of thiophene rings is 1. The zero-order valence-electron chi connectivity index (χ0n) is 10.4. The quantitative estimate of drug-likeness (QED) is 0.878. The fourth-order valence-corrected chi connectivity index (χ4v) is 4.17. The van der Waals surface area contributed by atoms with Crippen LogP contribution in [0.5, 0.6) is 0 Å². The van der Waals surface area contributed by atoms with Crippen LogP contribution in [0.2, 0.25) is 0 Å². The SMILES string of the molecule is CNCC1(c2csc(-c3ccccc3Br)c2)CC1. The Kier molecular flexibility index (Phi) is 3.31. The maximum Gasteiger partial charge on any atom is 0.0357 e. The van der Waals surface area contributed by atoms with Gasteiger partial charge in [-0.15, -0.1) is 11.3 Å². The molecule has 1 N–H and O–H groups in total. The Bertz CT molecular complexity index is 557. The third kappa shape index (κ3) is 2.15. The van der Waals surface area contributed by atoms with E-state index in [-0.39, 0.29) is 0 Å². The second-order valence-corrected chi connectivity index (χ2v) is 6.76. The molecule has 3 heteroatoms. The summed E-state index contributed by atoms with van der Waals surface area (Å²) in [6.07, 6.45) is 2.64. The Balaban J connectivity index is 1.93. The second-order valence-electron chi connectivity index (χ2n) is 4.99. The van der Waals surface area contributed by atoms with Crippen LogP contribution in [0.3, 0.4) is 0 Å². The van der Waals surface area contributed by atoms with Gasteiger partial charge in [-0.3, -0.25) is 0 Å². The topological polar surface area (TPSA) is 12.0 Å². The predicted molar refractivity (Wildman–Crippen MR) is 82.3 cm³/mol. The van der Waals surface area contributed by atoms with Crippen molar-refractivity contribution >= 4 is 27.3 Å². The fourth-order valence-electron chi connectivity index (χ4n) is 2.47. The third-order valence-electron chi connectivity index (χ3n) is 3.72. The van der Waals surface area contributed by atoms with E-state index in [9.17, 15) is 0 Å². The van der Waals surface area contributed by atoms with Gasteiger partial charge < -0.3 is 5.32 Å². The first kappa shape index (κ1) is 12.4. The van der Waals surface area contributed by atoms with Crippen molar-refractivity contribution in [1.29, 1.82) is 0 Å². The van der Waals surface area contributed by atoms with Gasteiger partial charge in [0.2, 0.25) is 0 Å². The van der Waals surface area contributed by atoms with Crippen molar-refractivity contribution in [2.24, 2.45) is 0 Å². The molecule has 1 nitrogen and oxygen atoms in total. The predicted octanol–water partition coefficient (Wildman–Crippen LogP) is 4.43. The van der Waals surface area contributed by atoms with Crippen molar-refractivity contribution in [3.8, 4) is 10.4 Å². The lowest BCUT2D eigenvalue weighted by atomic mass is 9.98. The summed E-state index contributed by atoms with van der Waals surface area (Å²) in [5.41, 5.74) is 3.23. The Labute approximate surface area is 120 Å². The highest BCUT2D eigenvalue weighted by Crippen LogP contribution is 2.50. The van der Waals surface area contributed by atoms with E-state index in [1.54, 1.807) is 0 Å². The van der Waals surface area contributed by atoms with Gasteiger partial charge in [0.1, 0.15) is 0 Å². The minimum atomic E-state index is 0.421. The summed E-state index contributed by atoms with van der Waals surface area (Å²) in [7, 11) is 2.04. The number of hydrogen-bond acceptors (Lipinski definition) is 2. The lowest BCUT2D eigenvalue weighted by molar-refractivity contribution is 0.626. The highest BCUT2D eigenvalue weighted by molar-refractivity contribution is 9.10. The highest BCUT2D eigenvalue weighted by atomic mass is 79.9. The molecular formula is C15H16BrNS. The standard InChI is InChI=1S/C15H16BrNS/c1-17-10-15(6-7-15)11-8-14(18-9-11)12-4-2-3-5-13(12)16/h2-5,8-9,17H,6-7,10H2,1H3. The molecule has 0 spiro atoms. The van der Waals surface area contributed by atoms with Crippen LogP contribution in [0.4, 0.5) is 0 Å². The van der Waals surface area contributed by atoms with Gasteiger partial charge in [0.05, 0.1) is 0 Å². The first-order valence-corrected chi connectivity index (χ1v) is 7.91. The smallest absolute Gasteiger partial charge is 0.0357 e. The molecular weight excluding hydrogens is 306 g/mol. The molecule has 1 aromatic carbocycles. The number of benzene rings is 1. The first-order chi connectivity index (χ1) is 8.75. The normalized spacial score (nSPS) is 16.8. The zero-order chi connectivity index (χ0) is 12.6. The van der Waals surface area contributed by atoms with E-state index in [1.807, 2.05) is 18.4 Å². The molecule has 1 saturated carbocycles. The van der Waals surface area contributed by atoms with Crippen LogP contribution in [-0.4, -0.2) is 13.6 Å². The molecule has 1 fully saturated rings. The first-order valence-electron chi connectivity index (χ1n) is 6.24. The van der Waals surface area contributed by atoms with E-state index >= 15 is 0 Å². The molecule has 18 heavy (non-hydrogen) atoms. The number of likely N-dealkylation sites (N-methyl/N-ethyl adjacent to an activating group) is 1. The van der Waals surface area contributed by atoms with Crippen LogP contribution in [0.1, 0.15) is 18.4 Å². The molecule has 94 valence electrons. The van der Waals surface area contributed by atoms with E-state index in [2.05, 4.69) is 57.0 Å². The molecule has 0 bridgehead atoms. The molecule has 0 aliphatic heterocycles. The van der Waals surface area contributed by atoms with Crippen molar-refractivity contribution in [2.45, 2.75) is 18.3 Å². The fraction of sp³-hybridized carbons (Fsp3) is 0.333. The van der Waals surface area contributed by atoms with Gasteiger partial charge >= 0.3 is 0 Å². The summed E-state index contributed by atoms with van der Waals surface area (Å²) in [5.74, 6) is 0. The minimum Gasteiger partial charge on any atom is -0.319 e. The number of nitrogens with one attached hydrogen (secondary N) is 1. The molecule has 3 rings (SSSR count). The van der Waals surface area contributed by atoms with Gasteiger partial charge in [-0.05, 0) is 43.0 Å². The molecule has 0 amide bonds. The van der Waals surface area contributed by atoms with E-state index in [1.165, 1.54) is 33.3 Å². The van der Waals surface area contributed by atoms with Gasteiger partial charge in [0.15, 0.2) is 0 Å². The molecule has 1 aromatic heterocycles. The summed E-state index contributed by atoms with van der Waals surface area (Å²) >= 11 is 5.49. The summed E-state index contributed by atoms with van der Waals surface area (Å²) in [4.78, 5) is 1.36. The molecule has 0 radical (unpaired) electrons. The van der Waals surface area contributed by atoms with Gasteiger partial charge in [0, 0.05) is 26.9 Å². The Morgan fingerprint density at radius 2 is 2.11 bits per heavy atom. The van der Waals surface area contributed by atoms with Crippen LogP contribution >= 0.6 is 27.3 Å². The van der Waals surface area contributed by atoms with Crippen molar-refractivity contribution in [3.05, 3.63) is 45.7 Å². The minimum absolute atomic E-state index is 0.421. The molecule has 0 saturated heterocycles. The van der Waals surface area contributed by atoms with Crippen molar-refractivity contribution in [1.82, 2.24) is 5.32 Å². The zero-order valence-corrected chi connectivity index (χ0v) is 12.8. The lowest BCUT2D eigenvalue weighted by Gasteiger charge is -2.12. The molecule has 0 unspecified atom stereocenters. The highest BCUT2D eigenvalue weighted by Gasteiger charge is 2.44. The Morgan fingerprint density at radius 1 is 1.33 bits per heavy atom. The van der Waals surface area contributed by atoms with Crippen molar-refractivity contribution in [3.63, 3.8) is 0 Å². The summed E-state index contributed by atoms with van der Waals surface area (Å²) < 4.78 is 1.18. The molecule has 0 atom stereocenters. The van der Waals surface area contributed by atoms with Crippen molar-refractivity contribution in [2.75, 3.05) is 13.6 Å². The van der Waals surface area contributed by atoms with Crippen LogP contribution in [0.25, 0.3) is 10.4 Å². The van der Waals surface area contributed by atoms with Crippen LogP contribution < -0.4 is 5.32 Å². The molecule has 1 heterocycles. The van der Waals surface area contributed by atoms with E-state index in [0.29, 0.717) is 5.41 Å². The Morgan fingerprint density at radius 3 is 2.78 bits per heavy atom. The third-order valence-corrected chi connectivity index (χ3v) is 5.37.